The quantitative estimate of drug-likeness (QED) is 0.696. The Morgan fingerprint density at radius 3 is 3.00 bits per heavy atom. The molecule has 1 atom stereocenters. The van der Waals surface area contributed by atoms with Crippen LogP contribution in [0, 0.1) is 0 Å². The van der Waals surface area contributed by atoms with Crippen LogP contribution in [0.25, 0.3) is 0 Å². The van der Waals surface area contributed by atoms with Gasteiger partial charge in [-0.2, -0.15) is 0 Å². The van der Waals surface area contributed by atoms with Gasteiger partial charge in [0.25, 0.3) is 0 Å². The first-order chi connectivity index (χ1) is 6.31. The predicted molar refractivity (Wildman–Crippen MR) is 54.6 cm³/mol. The Bertz CT molecular complexity index is 296. The molecule has 1 aromatic carbocycles. The molecular formula is C11H16N2. The van der Waals surface area contributed by atoms with Crippen molar-refractivity contribution in [2.75, 3.05) is 20.1 Å². The van der Waals surface area contributed by atoms with E-state index in [1.807, 2.05) is 0 Å². The Morgan fingerprint density at radius 1 is 1.46 bits per heavy atom. The summed E-state index contributed by atoms with van der Waals surface area (Å²) in [6.45, 7) is 2.90. The van der Waals surface area contributed by atoms with Gasteiger partial charge >= 0.3 is 0 Å². The van der Waals surface area contributed by atoms with Crippen molar-refractivity contribution >= 4 is 0 Å². The van der Waals surface area contributed by atoms with Crippen molar-refractivity contribution in [3.8, 4) is 0 Å². The molecule has 13 heavy (non-hydrogen) atoms. The molecule has 0 spiro atoms. The Kier molecular flexibility index (Phi) is 2.34. The molecule has 2 nitrogen and oxygen atoms in total. The molecule has 0 amide bonds. The monoisotopic (exact) mass is 176 g/mol. The van der Waals surface area contributed by atoms with Gasteiger partial charge in [0.05, 0.1) is 0 Å². The van der Waals surface area contributed by atoms with E-state index in [4.69, 9.17) is 5.73 Å². The number of nitrogens with zero attached hydrogens (tertiary/aromatic N) is 1. The van der Waals surface area contributed by atoms with Crippen molar-refractivity contribution in [2.24, 2.45) is 5.73 Å². The number of benzene rings is 1. The maximum atomic E-state index is 5.75. The molecule has 2 rings (SSSR count). The molecule has 70 valence electrons. The zero-order chi connectivity index (χ0) is 9.26. The lowest BCUT2D eigenvalue weighted by atomic mass is 9.90. The first-order valence-corrected chi connectivity index (χ1v) is 4.77. The highest BCUT2D eigenvalue weighted by molar-refractivity contribution is 5.32. The van der Waals surface area contributed by atoms with Gasteiger partial charge in [-0.15, -0.1) is 0 Å². The maximum absolute atomic E-state index is 5.75. The Balaban J connectivity index is 2.37. The molecule has 1 unspecified atom stereocenters. The van der Waals surface area contributed by atoms with Crippen LogP contribution in [0.4, 0.5) is 0 Å². The van der Waals surface area contributed by atoms with Crippen LogP contribution in [0.1, 0.15) is 17.0 Å². The molecule has 1 aliphatic rings. The fourth-order valence-corrected chi connectivity index (χ4v) is 2.11. The molecule has 0 saturated heterocycles. The van der Waals surface area contributed by atoms with Crippen molar-refractivity contribution in [1.82, 2.24) is 4.90 Å². The lowest BCUT2D eigenvalue weighted by molar-refractivity contribution is 0.283. The van der Waals surface area contributed by atoms with Crippen molar-refractivity contribution in [1.29, 1.82) is 0 Å². The summed E-state index contributed by atoms with van der Waals surface area (Å²) in [5.41, 5.74) is 8.64. The predicted octanol–water partition coefficient (Wildman–Crippen LogP) is 1.17. The summed E-state index contributed by atoms with van der Waals surface area (Å²) in [4.78, 5) is 2.33. The molecule has 2 N–H and O–H groups in total. The highest BCUT2D eigenvalue weighted by Gasteiger charge is 2.20. The van der Waals surface area contributed by atoms with Crippen molar-refractivity contribution in [3.05, 3.63) is 35.4 Å². The fourth-order valence-electron chi connectivity index (χ4n) is 2.11. The van der Waals surface area contributed by atoms with E-state index in [1.165, 1.54) is 11.1 Å². The lowest BCUT2D eigenvalue weighted by Gasteiger charge is -2.31. The van der Waals surface area contributed by atoms with Crippen molar-refractivity contribution in [3.63, 3.8) is 0 Å². The fraction of sp³-hybridized carbons (Fsp3) is 0.455. The maximum Gasteiger partial charge on any atom is 0.0233 e. The number of hydrogen-bond donors (Lipinski definition) is 1. The SMILES string of the molecule is CN1Cc2ccccc2C(CN)C1. The van der Waals surface area contributed by atoms with E-state index in [0.717, 1.165) is 19.6 Å². The summed E-state index contributed by atoms with van der Waals surface area (Å²) in [5.74, 6) is 0.523. The number of likely N-dealkylation sites (N-methyl/N-ethyl adjacent to an activating group) is 1. The van der Waals surface area contributed by atoms with E-state index in [-0.39, 0.29) is 0 Å². The molecule has 0 radical (unpaired) electrons. The second kappa shape index (κ2) is 3.48. The van der Waals surface area contributed by atoms with Crippen molar-refractivity contribution < 1.29 is 0 Å². The van der Waals surface area contributed by atoms with Gasteiger partial charge in [-0.3, -0.25) is 0 Å². The molecule has 0 bridgehead atoms. The van der Waals surface area contributed by atoms with E-state index < -0.39 is 0 Å². The van der Waals surface area contributed by atoms with Crippen LogP contribution in [-0.4, -0.2) is 25.0 Å². The van der Waals surface area contributed by atoms with Crippen LogP contribution in [0.2, 0.25) is 0 Å². The van der Waals surface area contributed by atoms with Crippen molar-refractivity contribution in [2.45, 2.75) is 12.5 Å². The first kappa shape index (κ1) is 8.73. The van der Waals surface area contributed by atoms with Crippen LogP contribution >= 0.6 is 0 Å². The van der Waals surface area contributed by atoms with E-state index >= 15 is 0 Å². The van der Waals surface area contributed by atoms with Crippen LogP contribution < -0.4 is 5.73 Å². The molecule has 1 aliphatic heterocycles. The molecule has 0 fully saturated rings. The number of fused-ring (bicyclic) bond motifs is 1. The third kappa shape index (κ3) is 1.60. The van der Waals surface area contributed by atoms with Crippen LogP contribution in [0.5, 0.6) is 0 Å². The normalized spacial score (nSPS) is 22.8. The third-order valence-electron chi connectivity index (χ3n) is 2.75. The standard InChI is InChI=1S/C11H16N2/c1-13-7-9-4-2-3-5-11(9)10(6-12)8-13/h2-5,10H,6-8,12H2,1H3. The summed E-state index contributed by atoms with van der Waals surface area (Å²) >= 11 is 0. The average Bonchev–Trinajstić information content (AvgIpc) is 2.16. The molecule has 0 aromatic heterocycles. The molecule has 0 saturated carbocycles. The van der Waals surface area contributed by atoms with Gasteiger partial charge in [-0.05, 0) is 18.2 Å². The van der Waals surface area contributed by atoms with Gasteiger partial charge in [-0.1, -0.05) is 24.3 Å². The van der Waals surface area contributed by atoms with E-state index in [1.54, 1.807) is 0 Å². The molecule has 2 heteroatoms. The minimum atomic E-state index is 0.523. The number of rotatable bonds is 1. The van der Waals surface area contributed by atoms with Gasteiger partial charge in [0.2, 0.25) is 0 Å². The Labute approximate surface area is 79.4 Å². The van der Waals surface area contributed by atoms with Gasteiger partial charge in [0, 0.05) is 25.6 Å². The summed E-state index contributed by atoms with van der Waals surface area (Å²) < 4.78 is 0. The largest absolute Gasteiger partial charge is 0.330 e. The topological polar surface area (TPSA) is 29.3 Å². The van der Waals surface area contributed by atoms with Crippen LogP contribution in [0.15, 0.2) is 24.3 Å². The number of nitrogens with two attached hydrogens (primary N) is 1. The average molecular weight is 176 g/mol. The van der Waals surface area contributed by atoms with Gasteiger partial charge < -0.3 is 10.6 Å². The highest BCUT2D eigenvalue weighted by Crippen LogP contribution is 2.26. The summed E-state index contributed by atoms with van der Waals surface area (Å²) in [7, 11) is 2.15. The minimum Gasteiger partial charge on any atom is -0.330 e. The van der Waals surface area contributed by atoms with Crippen LogP contribution in [-0.2, 0) is 6.54 Å². The molecule has 0 aliphatic carbocycles. The van der Waals surface area contributed by atoms with Gasteiger partial charge in [-0.25, -0.2) is 0 Å². The zero-order valence-corrected chi connectivity index (χ0v) is 8.03. The Morgan fingerprint density at radius 2 is 2.23 bits per heavy atom. The van der Waals surface area contributed by atoms with Gasteiger partial charge in [0.1, 0.15) is 0 Å². The zero-order valence-electron chi connectivity index (χ0n) is 8.03. The van der Waals surface area contributed by atoms with E-state index in [0.29, 0.717) is 5.92 Å². The lowest BCUT2D eigenvalue weighted by Crippen LogP contribution is -2.33. The van der Waals surface area contributed by atoms with Crippen LogP contribution in [0.3, 0.4) is 0 Å². The molecular weight excluding hydrogens is 160 g/mol. The Hall–Kier alpha value is -0.860. The van der Waals surface area contributed by atoms with E-state index in [9.17, 15) is 0 Å². The summed E-state index contributed by atoms with van der Waals surface area (Å²) in [6.07, 6.45) is 0. The summed E-state index contributed by atoms with van der Waals surface area (Å²) in [6, 6.07) is 8.62. The summed E-state index contributed by atoms with van der Waals surface area (Å²) in [5, 5.41) is 0. The first-order valence-electron chi connectivity index (χ1n) is 4.77. The van der Waals surface area contributed by atoms with E-state index in [2.05, 4.69) is 36.2 Å². The highest BCUT2D eigenvalue weighted by atomic mass is 15.1. The smallest absolute Gasteiger partial charge is 0.0233 e. The molecule has 1 aromatic rings. The second-order valence-electron chi connectivity index (χ2n) is 3.83. The third-order valence-corrected chi connectivity index (χ3v) is 2.75. The van der Waals surface area contributed by atoms with Gasteiger partial charge in [0.15, 0.2) is 0 Å². The second-order valence-corrected chi connectivity index (χ2v) is 3.83. The minimum absolute atomic E-state index is 0.523. The number of hydrogen-bond acceptors (Lipinski definition) is 2. The molecule has 1 heterocycles.